The third kappa shape index (κ3) is 3.18. The molecule has 0 aromatic carbocycles. The highest BCUT2D eigenvalue weighted by molar-refractivity contribution is 5.38. The standard InChI is InChI=1S/C15H15F3N6/c1-23-9-12(15(16,17)18)22-14(23)10-3-2-4-24(8-10)13-7-20-11(5-19)6-21-13/h6-7,9-10H,2-4,8H2,1H3. The third-order valence-electron chi connectivity index (χ3n) is 4.07. The van der Waals surface area contributed by atoms with Crippen molar-refractivity contribution in [3.05, 3.63) is 35.8 Å². The highest BCUT2D eigenvalue weighted by Gasteiger charge is 2.36. The molecular formula is C15H15F3N6. The average molecular weight is 336 g/mol. The number of anilines is 1. The summed E-state index contributed by atoms with van der Waals surface area (Å²) in [5.74, 6) is 0.926. The first kappa shape index (κ1) is 16.2. The molecule has 3 heterocycles. The van der Waals surface area contributed by atoms with Gasteiger partial charge in [-0.3, -0.25) is 0 Å². The zero-order chi connectivity index (χ0) is 17.3. The Morgan fingerprint density at radius 2 is 2.08 bits per heavy atom. The van der Waals surface area contributed by atoms with E-state index in [0.717, 1.165) is 25.6 Å². The Hall–Kier alpha value is -2.63. The summed E-state index contributed by atoms with van der Waals surface area (Å²) in [5, 5.41) is 8.76. The Balaban J connectivity index is 1.80. The quantitative estimate of drug-likeness (QED) is 0.843. The van der Waals surface area contributed by atoms with E-state index in [0.29, 0.717) is 18.2 Å². The van der Waals surface area contributed by atoms with Gasteiger partial charge in [0, 0.05) is 32.3 Å². The fourth-order valence-corrected chi connectivity index (χ4v) is 2.93. The Bertz CT molecular complexity index is 759. The van der Waals surface area contributed by atoms with E-state index in [1.807, 2.05) is 11.0 Å². The van der Waals surface area contributed by atoms with Crippen LogP contribution in [0.5, 0.6) is 0 Å². The van der Waals surface area contributed by atoms with Crippen LogP contribution in [0.4, 0.5) is 19.0 Å². The Morgan fingerprint density at radius 1 is 1.29 bits per heavy atom. The van der Waals surface area contributed by atoms with Gasteiger partial charge in [0.25, 0.3) is 0 Å². The Labute approximate surface area is 136 Å². The van der Waals surface area contributed by atoms with E-state index in [2.05, 4.69) is 15.0 Å². The molecular weight excluding hydrogens is 321 g/mol. The second kappa shape index (κ2) is 6.11. The molecule has 0 N–H and O–H groups in total. The van der Waals surface area contributed by atoms with E-state index < -0.39 is 11.9 Å². The number of rotatable bonds is 2. The minimum Gasteiger partial charge on any atom is -0.355 e. The van der Waals surface area contributed by atoms with Crippen molar-refractivity contribution >= 4 is 5.82 Å². The van der Waals surface area contributed by atoms with E-state index in [1.54, 1.807) is 7.05 Å². The molecule has 0 aliphatic carbocycles. The van der Waals surface area contributed by atoms with E-state index >= 15 is 0 Å². The van der Waals surface area contributed by atoms with Crippen LogP contribution in [0.3, 0.4) is 0 Å². The van der Waals surface area contributed by atoms with Gasteiger partial charge in [-0.05, 0) is 12.8 Å². The first-order valence-corrected chi connectivity index (χ1v) is 7.46. The van der Waals surface area contributed by atoms with Crippen LogP contribution in [0, 0.1) is 11.3 Å². The molecule has 1 unspecified atom stereocenters. The van der Waals surface area contributed by atoms with E-state index in [9.17, 15) is 13.2 Å². The predicted molar refractivity (Wildman–Crippen MR) is 79.1 cm³/mol. The lowest BCUT2D eigenvalue weighted by atomic mass is 9.97. The van der Waals surface area contributed by atoms with Gasteiger partial charge in [0.05, 0.1) is 12.4 Å². The smallest absolute Gasteiger partial charge is 0.355 e. The molecule has 0 spiro atoms. The van der Waals surface area contributed by atoms with Crippen LogP contribution in [-0.4, -0.2) is 32.6 Å². The third-order valence-corrected chi connectivity index (χ3v) is 4.07. The van der Waals surface area contributed by atoms with Crippen LogP contribution in [-0.2, 0) is 13.2 Å². The highest BCUT2D eigenvalue weighted by Crippen LogP contribution is 2.32. The second-order valence-corrected chi connectivity index (χ2v) is 5.75. The van der Waals surface area contributed by atoms with Crippen LogP contribution in [0.1, 0.15) is 36.0 Å². The summed E-state index contributed by atoms with van der Waals surface area (Å²) >= 11 is 0. The molecule has 1 fully saturated rings. The molecule has 24 heavy (non-hydrogen) atoms. The topological polar surface area (TPSA) is 70.6 Å². The monoisotopic (exact) mass is 336 g/mol. The first-order valence-electron chi connectivity index (χ1n) is 7.46. The summed E-state index contributed by atoms with van der Waals surface area (Å²) in [4.78, 5) is 13.9. The van der Waals surface area contributed by atoms with Gasteiger partial charge < -0.3 is 9.47 Å². The number of aryl methyl sites for hydroxylation is 1. The Kier molecular flexibility index (Phi) is 4.13. The van der Waals surface area contributed by atoms with Crippen LogP contribution in [0.15, 0.2) is 18.6 Å². The van der Waals surface area contributed by atoms with Gasteiger partial charge in [-0.25, -0.2) is 15.0 Å². The van der Waals surface area contributed by atoms with Crippen molar-refractivity contribution in [1.29, 1.82) is 5.26 Å². The summed E-state index contributed by atoms with van der Waals surface area (Å²) in [7, 11) is 1.58. The molecule has 2 aromatic rings. The van der Waals surface area contributed by atoms with Gasteiger partial charge in [-0.1, -0.05) is 0 Å². The fraction of sp³-hybridized carbons (Fsp3) is 0.467. The number of halogens is 3. The molecule has 0 bridgehead atoms. The van der Waals surface area contributed by atoms with Crippen molar-refractivity contribution in [3.8, 4) is 6.07 Å². The summed E-state index contributed by atoms with van der Waals surface area (Å²) < 4.78 is 39.9. The van der Waals surface area contributed by atoms with E-state index in [4.69, 9.17) is 5.26 Å². The van der Waals surface area contributed by atoms with Crippen molar-refractivity contribution < 1.29 is 13.2 Å². The lowest BCUT2D eigenvalue weighted by Crippen LogP contribution is -2.35. The van der Waals surface area contributed by atoms with E-state index in [1.165, 1.54) is 17.0 Å². The van der Waals surface area contributed by atoms with Crippen molar-refractivity contribution in [3.63, 3.8) is 0 Å². The minimum atomic E-state index is -4.44. The van der Waals surface area contributed by atoms with Crippen LogP contribution in [0.25, 0.3) is 0 Å². The molecule has 1 aliphatic heterocycles. The SMILES string of the molecule is Cn1cc(C(F)(F)F)nc1C1CCCN(c2cnc(C#N)cn2)C1. The highest BCUT2D eigenvalue weighted by atomic mass is 19.4. The lowest BCUT2D eigenvalue weighted by Gasteiger charge is -2.33. The first-order chi connectivity index (χ1) is 11.4. The van der Waals surface area contributed by atoms with E-state index in [-0.39, 0.29) is 11.6 Å². The summed E-state index contributed by atoms with van der Waals surface area (Å²) in [6.07, 6.45) is 1.07. The van der Waals surface area contributed by atoms with Gasteiger partial charge in [0.2, 0.25) is 0 Å². The molecule has 0 amide bonds. The van der Waals surface area contributed by atoms with Crippen molar-refractivity contribution in [2.75, 3.05) is 18.0 Å². The number of aromatic nitrogens is 4. The molecule has 3 rings (SSSR count). The average Bonchev–Trinajstić information content (AvgIpc) is 2.97. The fourth-order valence-electron chi connectivity index (χ4n) is 2.93. The number of nitriles is 1. The van der Waals surface area contributed by atoms with Crippen LogP contribution in [0.2, 0.25) is 0 Å². The van der Waals surface area contributed by atoms with Crippen molar-refractivity contribution in [2.24, 2.45) is 7.05 Å². The largest absolute Gasteiger partial charge is 0.434 e. The molecule has 1 saturated heterocycles. The number of hydrogen-bond acceptors (Lipinski definition) is 5. The summed E-state index contributed by atoms with van der Waals surface area (Å²) in [5.41, 5.74) is -0.637. The summed E-state index contributed by atoms with van der Waals surface area (Å²) in [6, 6.07) is 1.90. The molecule has 1 atom stereocenters. The predicted octanol–water partition coefficient (Wildman–Crippen LogP) is 2.48. The summed E-state index contributed by atoms with van der Waals surface area (Å²) in [6.45, 7) is 1.26. The molecule has 9 heteroatoms. The van der Waals surface area contributed by atoms with Crippen LogP contribution < -0.4 is 4.90 Å². The maximum atomic E-state index is 12.8. The maximum Gasteiger partial charge on any atom is 0.434 e. The zero-order valence-electron chi connectivity index (χ0n) is 13.0. The molecule has 0 radical (unpaired) electrons. The number of imidazole rings is 1. The second-order valence-electron chi connectivity index (χ2n) is 5.75. The van der Waals surface area contributed by atoms with Gasteiger partial charge in [-0.2, -0.15) is 18.4 Å². The van der Waals surface area contributed by atoms with Gasteiger partial charge in [0.1, 0.15) is 17.7 Å². The number of hydrogen-bond donors (Lipinski definition) is 0. The van der Waals surface area contributed by atoms with Crippen LogP contribution >= 0.6 is 0 Å². The lowest BCUT2D eigenvalue weighted by molar-refractivity contribution is -0.141. The molecule has 126 valence electrons. The van der Waals surface area contributed by atoms with Gasteiger partial charge in [-0.15, -0.1) is 0 Å². The van der Waals surface area contributed by atoms with Gasteiger partial charge in [0.15, 0.2) is 11.4 Å². The number of piperidine rings is 1. The molecule has 2 aromatic heterocycles. The van der Waals surface area contributed by atoms with Crippen molar-refractivity contribution in [2.45, 2.75) is 24.9 Å². The minimum absolute atomic E-state index is 0.114. The molecule has 6 nitrogen and oxygen atoms in total. The molecule has 1 aliphatic rings. The normalized spacial score (nSPS) is 18.5. The number of alkyl halides is 3. The van der Waals surface area contributed by atoms with Gasteiger partial charge >= 0.3 is 6.18 Å². The van der Waals surface area contributed by atoms with Crippen molar-refractivity contribution in [1.82, 2.24) is 19.5 Å². The maximum absolute atomic E-state index is 12.8. The zero-order valence-corrected chi connectivity index (χ0v) is 13.0. The Morgan fingerprint density at radius 3 is 2.67 bits per heavy atom. The number of nitrogens with zero attached hydrogens (tertiary/aromatic N) is 6. The molecule has 0 saturated carbocycles.